The van der Waals surface area contributed by atoms with Crippen LogP contribution in [0.5, 0.6) is 0 Å². The zero-order valence-corrected chi connectivity index (χ0v) is 24.0. The average Bonchev–Trinajstić information content (AvgIpc) is 3.23. The van der Waals surface area contributed by atoms with Crippen molar-refractivity contribution < 1.29 is 29.1 Å². The van der Waals surface area contributed by atoms with Crippen LogP contribution in [0.3, 0.4) is 0 Å². The quantitative estimate of drug-likeness (QED) is 0.378. The van der Waals surface area contributed by atoms with Crippen LogP contribution in [0, 0.1) is 40.4 Å². The van der Waals surface area contributed by atoms with Gasteiger partial charge in [0.15, 0.2) is 6.61 Å². The molecule has 7 atom stereocenters. The van der Waals surface area contributed by atoms with E-state index in [0.29, 0.717) is 23.5 Å². The van der Waals surface area contributed by atoms with Crippen molar-refractivity contribution in [1.29, 1.82) is 0 Å². The monoisotopic (exact) mass is 543 g/mol. The minimum absolute atomic E-state index is 0.145. The Morgan fingerprint density at radius 3 is 2.46 bits per heavy atom. The highest BCUT2D eigenvalue weighted by Gasteiger charge is 2.59. The van der Waals surface area contributed by atoms with Crippen LogP contribution in [0.25, 0.3) is 0 Å². The van der Waals surface area contributed by atoms with Crippen LogP contribution < -0.4 is 10.6 Å². The van der Waals surface area contributed by atoms with E-state index in [1.54, 1.807) is 20.8 Å². The minimum atomic E-state index is -1.11. The van der Waals surface area contributed by atoms with E-state index in [2.05, 4.69) is 35.7 Å². The number of hydrogen-bond donors (Lipinski definition) is 3. The molecule has 0 heterocycles. The van der Waals surface area contributed by atoms with E-state index < -0.39 is 23.8 Å². The normalized spacial score (nSPS) is 35.2. The number of allylic oxidation sites excluding steroid dienone is 2. The summed E-state index contributed by atoms with van der Waals surface area (Å²) in [5, 5.41) is 18.3. The molecule has 0 radical (unpaired) electrons. The number of carboxylic acid groups (broad SMARTS) is 1. The number of hydrogen-bond acceptors (Lipinski definition) is 6. The third kappa shape index (κ3) is 5.78. The topological polar surface area (TPSA) is 134 Å². The molecular weight excluding hydrogens is 498 g/mol. The molecule has 3 fully saturated rings. The summed E-state index contributed by atoms with van der Waals surface area (Å²) in [6.45, 7) is 9.33. The van der Waals surface area contributed by atoms with Gasteiger partial charge in [0.25, 0.3) is 5.91 Å². The summed E-state index contributed by atoms with van der Waals surface area (Å²) in [6.07, 6.45) is 10.7. The van der Waals surface area contributed by atoms with E-state index in [4.69, 9.17) is 4.84 Å². The summed E-state index contributed by atoms with van der Waals surface area (Å²) in [4.78, 5) is 53.0. The van der Waals surface area contributed by atoms with Crippen molar-refractivity contribution in [3.05, 3.63) is 11.6 Å². The first-order valence-corrected chi connectivity index (χ1v) is 14.6. The van der Waals surface area contributed by atoms with Gasteiger partial charge >= 0.3 is 5.97 Å². The molecule has 2 amide bonds. The molecule has 0 aromatic heterocycles. The average molecular weight is 544 g/mol. The second-order valence-corrected chi connectivity index (χ2v) is 13.0. The molecule has 0 aliphatic heterocycles. The molecule has 0 spiro atoms. The maximum atomic E-state index is 12.4. The number of ketones is 1. The van der Waals surface area contributed by atoms with Gasteiger partial charge in [-0.15, -0.1) is 0 Å². The van der Waals surface area contributed by atoms with E-state index >= 15 is 0 Å². The van der Waals surface area contributed by atoms with Crippen LogP contribution >= 0.6 is 0 Å². The fourth-order valence-corrected chi connectivity index (χ4v) is 8.45. The fourth-order valence-electron chi connectivity index (χ4n) is 8.45. The molecule has 4 aliphatic rings. The largest absolute Gasteiger partial charge is 0.480 e. The number of carboxylic acids is 1. The Balaban J connectivity index is 1.30. The molecule has 0 saturated heterocycles. The number of nitrogens with zero attached hydrogens (tertiary/aromatic N) is 1. The Bertz CT molecular complexity index is 1070. The Hall–Kier alpha value is -2.71. The zero-order valence-electron chi connectivity index (χ0n) is 24.0. The van der Waals surface area contributed by atoms with Gasteiger partial charge in [-0.3, -0.25) is 14.4 Å². The van der Waals surface area contributed by atoms with E-state index in [1.807, 2.05) is 0 Å². The number of amides is 2. The number of oxime groups is 1. The molecule has 3 saturated carbocycles. The lowest BCUT2D eigenvalue weighted by atomic mass is 9.46. The smallest absolute Gasteiger partial charge is 0.326 e. The summed E-state index contributed by atoms with van der Waals surface area (Å²) in [5.74, 6) is 0.0981. The molecule has 3 N–H and O–H groups in total. The predicted octanol–water partition coefficient (Wildman–Crippen LogP) is 3.87. The van der Waals surface area contributed by atoms with Crippen molar-refractivity contribution in [3.63, 3.8) is 0 Å². The van der Waals surface area contributed by atoms with Gasteiger partial charge in [0.1, 0.15) is 11.8 Å². The maximum Gasteiger partial charge on any atom is 0.326 e. The maximum absolute atomic E-state index is 12.4. The second kappa shape index (κ2) is 11.4. The van der Waals surface area contributed by atoms with Crippen LogP contribution in [0.1, 0.15) is 86.0 Å². The highest BCUT2D eigenvalue weighted by molar-refractivity contribution is 5.96. The molecule has 0 aromatic carbocycles. The highest BCUT2D eigenvalue weighted by atomic mass is 16.6. The van der Waals surface area contributed by atoms with E-state index in [9.17, 15) is 24.3 Å². The lowest BCUT2D eigenvalue weighted by Crippen LogP contribution is -2.51. The van der Waals surface area contributed by atoms with Crippen LogP contribution in [-0.2, 0) is 24.0 Å². The molecule has 9 nitrogen and oxygen atoms in total. The van der Waals surface area contributed by atoms with Crippen molar-refractivity contribution in [1.82, 2.24) is 10.6 Å². The SMILES string of the molecule is CC(=O)[C@H]1CC[C@H]2[C@@H]3CCC4=C/C(=N/OCC(=O)NCC(=O)N[C@H](C(=O)O)C(C)C)CC[C@]4(C)[C@H]3CC[C@]12C. The molecule has 216 valence electrons. The number of carbonyl (C=O) groups is 4. The molecule has 4 aliphatic carbocycles. The summed E-state index contributed by atoms with van der Waals surface area (Å²) in [7, 11) is 0. The van der Waals surface area contributed by atoms with Crippen molar-refractivity contribution >= 4 is 29.3 Å². The lowest BCUT2D eigenvalue weighted by Gasteiger charge is -2.58. The Kier molecular flexibility index (Phi) is 8.57. The van der Waals surface area contributed by atoms with Gasteiger partial charge < -0.3 is 20.6 Å². The first kappa shape index (κ1) is 29.3. The molecule has 0 bridgehead atoms. The first-order valence-electron chi connectivity index (χ1n) is 14.6. The molecule has 9 heteroatoms. The summed E-state index contributed by atoms with van der Waals surface area (Å²) < 4.78 is 0. The number of Topliss-reactive ketones (excluding diaryl/α,β-unsaturated/α-hetero) is 1. The number of rotatable bonds is 9. The summed E-state index contributed by atoms with van der Waals surface area (Å²) >= 11 is 0. The number of nitrogens with one attached hydrogen (secondary N) is 2. The zero-order chi connectivity index (χ0) is 28.5. The number of aliphatic carboxylic acids is 1. The van der Waals surface area contributed by atoms with Gasteiger partial charge in [0.05, 0.1) is 12.3 Å². The Morgan fingerprint density at radius 2 is 1.79 bits per heavy atom. The van der Waals surface area contributed by atoms with Crippen molar-refractivity contribution in [3.8, 4) is 0 Å². The number of carbonyl (C=O) groups excluding carboxylic acids is 3. The molecule has 0 aromatic rings. The van der Waals surface area contributed by atoms with Crippen LogP contribution in [0.4, 0.5) is 0 Å². The molecular formula is C30H45N3O6. The van der Waals surface area contributed by atoms with Gasteiger partial charge in [-0.1, -0.05) is 38.4 Å². The predicted molar refractivity (Wildman–Crippen MR) is 147 cm³/mol. The second-order valence-electron chi connectivity index (χ2n) is 13.0. The third-order valence-electron chi connectivity index (χ3n) is 10.5. The van der Waals surface area contributed by atoms with Gasteiger partial charge in [0.2, 0.25) is 5.91 Å². The third-order valence-corrected chi connectivity index (χ3v) is 10.5. The fraction of sp³-hybridized carbons (Fsp3) is 0.767. The Morgan fingerprint density at radius 1 is 1.05 bits per heavy atom. The molecule has 4 rings (SSSR count). The van der Waals surface area contributed by atoms with Crippen LogP contribution in [0.2, 0.25) is 0 Å². The molecule has 0 unspecified atom stereocenters. The van der Waals surface area contributed by atoms with E-state index in [-0.39, 0.29) is 35.8 Å². The Labute approximate surface area is 231 Å². The lowest BCUT2D eigenvalue weighted by molar-refractivity contribution is -0.143. The van der Waals surface area contributed by atoms with E-state index in [0.717, 1.165) is 44.2 Å². The van der Waals surface area contributed by atoms with Gasteiger partial charge in [-0.2, -0.15) is 0 Å². The van der Waals surface area contributed by atoms with Gasteiger partial charge in [-0.05, 0) is 98.9 Å². The first-order chi connectivity index (χ1) is 18.4. The van der Waals surface area contributed by atoms with Crippen molar-refractivity contribution in [2.24, 2.45) is 45.6 Å². The number of fused-ring (bicyclic) bond motifs is 5. The summed E-state index contributed by atoms with van der Waals surface area (Å²) in [5.41, 5.74) is 2.58. The van der Waals surface area contributed by atoms with Crippen LogP contribution in [-0.4, -0.2) is 53.6 Å². The summed E-state index contributed by atoms with van der Waals surface area (Å²) in [6, 6.07) is -1.01. The van der Waals surface area contributed by atoms with E-state index in [1.165, 1.54) is 18.4 Å². The standard InChI is InChI=1S/C30H45N3O6/c1-17(2)27(28(37)38)32-25(35)15-31-26(36)16-39-33-20-10-12-29(4)19(14-20)6-7-21-23-9-8-22(18(3)34)30(23,5)13-11-24(21)29/h14,17,21-24,27H,6-13,15-16H2,1-5H3,(H,31,36)(H,32,35)(H,37,38)/b33-20+/t21-,22+,23-,24-,27-,29-,30+/m0/s1. The van der Waals surface area contributed by atoms with Crippen molar-refractivity contribution in [2.75, 3.05) is 13.2 Å². The van der Waals surface area contributed by atoms with Crippen LogP contribution in [0.15, 0.2) is 16.8 Å². The minimum Gasteiger partial charge on any atom is -0.480 e. The van der Waals surface area contributed by atoms with Gasteiger partial charge in [0, 0.05) is 5.92 Å². The molecule has 39 heavy (non-hydrogen) atoms. The van der Waals surface area contributed by atoms with Gasteiger partial charge in [-0.25, -0.2) is 4.79 Å². The highest BCUT2D eigenvalue weighted by Crippen LogP contribution is 2.66. The van der Waals surface area contributed by atoms with Crippen molar-refractivity contribution in [2.45, 2.75) is 92.0 Å².